The summed E-state index contributed by atoms with van der Waals surface area (Å²) in [5.41, 5.74) is 2.93. The molecule has 0 radical (unpaired) electrons. The van der Waals surface area contributed by atoms with Crippen molar-refractivity contribution in [3.8, 4) is 0 Å². The Balaban J connectivity index is 2.26. The first-order valence-corrected chi connectivity index (χ1v) is 6.10. The second kappa shape index (κ2) is 4.73. The summed E-state index contributed by atoms with van der Waals surface area (Å²) in [6.07, 6.45) is 4.84. The Morgan fingerprint density at radius 1 is 1.24 bits per heavy atom. The van der Waals surface area contributed by atoms with Crippen LogP contribution < -0.4 is 5.32 Å². The van der Waals surface area contributed by atoms with Gasteiger partial charge in [-0.3, -0.25) is 10.1 Å². The summed E-state index contributed by atoms with van der Waals surface area (Å²) >= 11 is 0. The van der Waals surface area contributed by atoms with Gasteiger partial charge in [0.1, 0.15) is 0 Å². The summed E-state index contributed by atoms with van der Waals surface area (Å²) in [5, 5.41) is 14.3. The molecular formula is C13H18N2O2. The maximum absolute atomic E-state index is 10.9. The molecule has 0 spiro atoms. The summed E-state index contributed by atoms with van der Waals surface area (Å²) in [5.74, 6) is 0. The van der Waals surface area contributed by atoms with Gasteiger partial charge in [0, 0.05) is 23.4 Å². The molecule has 4 heteroatoms. The number of nitro benzene ring substituents is 1. The van der Waals surface area contributed by atoms with Crippen LogP contribution >= 0.6 is 0 Å². The fraction of sp³-hybridized carbons (Fsp3) is 0.538. The maximum atomic E-state index is 10.9. The third kappa shape index (κ3) is 2.57. The molecule has 2 rings (SSSR count). The van der Waals surface area contributed by atoms with Crippen LogP contribution in [0.15, 0.2) is 12.1 Å². The average Bonchev–Trinajstić information content (AvgIpc) is 2.74. The molecule has 0 bridgehead atoms. The topological polar surface area (TPSA) is 55.2 Å². The summed E-state index contributed by atoms with van der Waals surface area (Å²) in [7, 11) is 0. The molecule has 1 fully saturated rings. The van der Waals surface area contributed by atoms with Crippen molar-refractivity contribution in [3.63, 3.8) is 0 Å². The number of nitro groups is 1. The quantitative estimate of drug-likeness (QED) is 0.642. The lowest BCUT2D eigenvalue weighted by molar-refractivity contribution is -0.385. The van der Waals surface area contributed by atoms with Crippen molar-refractivity contribution in [2.45, 2.75) is 45.6 Å². The van der Waals surface area contributed by atoms with E-state index in [1.807, 2.05) is 13.0 Å². The highest BCUT2D eigenvalue weighted by Crippen LogP contribution is 2.29. The molecule has 1 aromatic carbocycles. The van der Waals surface area contributed by atoms with Crippen LogP contribution in [0.2, 0.25) is 0 Å². The molecule has 0 saturated heterocycles. The van der Waals surface area contributed by atoms with E-state index in [1.165, 1.54) is 25.7 Å². The lowest BCUT2D eigenvalue weighted by atomic mass is 10.1. The van der Waals surface area contributed by atoms with Crippen molar-refractivity contribution < 1.29 is 4.92 Å². The largest absolute Gasteiger partial charge is 0.382 e. The molecule has 0 heterocycles. The van der Waals surface area contributed by atoms with Crippen molar-refractivity contribution in [1.82, 2.24) is 0 Å². The Kier molecular flexibility index (Phi) is 3.31. The normalized spacial score (nSPS) is 16.1. The van der Waals surface area contributed by atoms with E-state index in [0.717, 1.165) is 16.8 Å². The minimum absolute atomic E-state index is 0.205. The van der Waals surface area contributed by atoms with Gasteiger partial charge in [-0.2, -0.15) is 0 Å². The van der Waals surface area contributed by atoms with Gasteiger partial charge in [0.25, 0.3) is 5.69 Å². The lowest BCUT2D eigenvalue weighted by Gasteiger charge is -2.16. The van der Waals surface area contributed by atoms with E-state index in [0.29, 0.717) is 6.04 Å². The van der Waals surface area contributed by atoms with Gasteiger partial charge in [-0.1, -0.05) is 12.8 Å². The lowest BCUT2D eigenvalue weighted by Crippen LogP contribution is -2.15. The smallest absolute Gasteiger partial charge is 0.274 e. The van der Waals surface area contributed by atoms with Crippen molar-refractivity contribution in [3.05, 3.63) is 33.4 Å². The number of anilines is 1. The maximum Gasteiger partial charge on any atom is 0.274 e. The molecule has 1 aromatic rings. The van der Waals surface area contributed by atoms with E-state index >= 15 is 0 Å². The van der Waals surface area contributed by atoms with Crippen molar-refractivity contribution in [2.24, 2.45) is 0 Å². The number of hydrogen-bond acceptors (Lipinski definition) is 3. The molecule has 0 amide bonds. The third-order valence-electron chi connectivity index (χ3n) is 3.45. The predicted octanol–water partition coefficient (Wildman–Crippen LogP) is 3.57. The van der Waals surface area contributed by atoms with E-state index in [9.17, 15) is 10.1 Å². The number of hydrogen-bond donors (Lipinski definition) is 1. The zero-order valence-electron chi connectivity index (χ0n) is 10.3. The fourth-order valence-corrected chi connectivity index (χ4v) is 2.48. The van der Waals surface area contributed by atoms with Gasteiger partial charge < -0.3 is 5.32 Å². The molecule has 1 aliphatic rings. The van der Waals surface area contributed by atoms with Crippen molar-refractivity contribution in [2.75, 3.05) is 5.32 Å². The van der Waals surface area contributed by atoms with Crippen LogP contribution in [0.1, 0.15) is 36.8 Å². The van der Waals surface area contributed by atoms with Crippen LogP contribution in [0.25, 0.3) is 0 Å². The average molecular weight is 234 g/mol. The van der Waals surface area contributed by atoms with Crippen LogP contribution in [-0.4, -0.2) is 11.0 Å². The van der Waals surface area contributed by atoms with Gasteiger partial charge in [-0.05, 0) is 38.3 Å². The first-order valence-electron chi connectivity index (χ1n) is 6.10. The molecule has 1 saturated carbocycles. The number of rotatable bonds is 3. The van der Waals surface area contributed by atoms with Crippen molar-refractivity contribution in [1.29, 1.82) is 0 Å². The summed E-state index contributed by atoms with van der Waals surface area (Å²) in [6, 6.07) is 4.04. The Bertz CT molecular complexity index is 437. The third-order valence-corrected chi connectivity index (χ3v) is 3.45. The predicted molar refractivity (Wildman–Crippen MR) is 68.4 cm³/mol. The van der Waals surface area contributed by atoms with Gasteiger partial charge in [-0.25, -0.2) is 0 Å². The SMILES string of the molecule is Cc1cc(C)c([N+](=O)[O-])cc1NC1CCCC1. The van der Waals surface area contributed by atoms with Crippen LogP contribution in [0.5, 0.6) is 0 Å². The molecule has 17 heavy (non-hydrogen) atoms. The molecule has 4 nitrogen and oxygen atoms in total. The number of aryl methyl sites for hydroxylation is 2. The number of nitrogens with one attached hydrogen (secondary N) is 1. The molecule has 92 valence electrons. The minimum atomic E-state index is -0.311. The van der Waals surface area contributed by atoms with E-state index in [-0.39, 0.29) is 10.6 Å². The Labute approximate surface area is 101 Å². The fourth-order valence-electron chi connectivity index (χ4n) is 2.48. The monoisotopic (exact) mass is 234 g/mol. The highest BCUT2D eigenvalue weighted by Gasteiger charge is 2.18. The molecule has 1 N–H and O–H groups in total. The van der Waals surface area contributed by atoms with Crippen LogP contribution in [0, 0.1) is 24.0 Å². The Hall–Kier alpha value is -1.58. The molecule has 0 aromatic heterocycles. The number of nitrogens with zero attached hydrogens (tertiary/aromatic N) is 1. The van der Waals surface area contributed by atoms with Crippen LogP contribution in [0.4, 0.5) is 11.4 Å². The van der Waals surface area contributed by atoms with E-state index < -0.39 is 0 Å². The van der Waals surface area contributed by atoms with Gasteiger partial charge in [-0.15, -0.1) is 0 Å². The highest BCUT2D eigenvalue weighted by atomic mass is 16.6. The zero-order valence-corrected chi connectivity index (χ0v) is 10.3. The zero-order chi connectivity index (χ0) is 12.4. The standard InChI is InChI=1S/C13H18N2O2/c1-9-7-10(2)13(15(16)17)8-12(9)14-11-5-3-4-6-11/h7-8,11,14H,3-6H2,1-2H3. The Morgan fingerprint density at radius 2 is 1.88 bits per heavy atom. The number of benzene rings is 1. The minimum Gasteiger partial charge on any atom is -0.382 e. The molecule has 1 aliphatic carbocycles. The molecule has 0 atom stereocenters. The second-order valence-electron chi connectivity index (χ2n) is 4.84. The molecular weight excluding hydrogens is 216 g/mol. The van der Waals surface area contributed by atoms with Crippen molar-refractivity contribution >= 4 is 11.4 Å². The van der Waals surface area contributed by atoms with Gasteiger partial charge in [0.05, 0.1) is 4.92 Å². The van der Waals surface area contributed by atoms with E-state index in [1.54, 1.807) is 13.0 Å². The van der Waals surface area contributed by atoms with Gasteiger partial charge >= 0.3 is 0 Å². The summed E-state index contributed by atoms with van der Waals surface area (Å²) < 4.78 is 0. The molecule has 0 aliphatic heterocycles. The second-order valence-corrected chi connectivity index (χ2v) is 4.84. The first kappa shape index (κ1) is 11.9. The summed E-state index contributed by atoms with van der Waals surface area (Å²) in [6.45, 7) is 3.78. The van der Waals surface area contributed by atoms with Crippen LogP contribution in [0.3, 0.4) is 0 Å². The highest BCUT2D eigenvalue weighted by molar-refractivity contribution is 5.60. The van der Waals surface area contributed by atoms with Gasteiger partial charge in [0.15, 0.2) is 0 Å². The van der Waals surface area contributed by atoms with Crippen LogP contribution in [-0.2, 0) is 0 Å². The first-order chi connectivity index (χ1) is 8.08. The summed E-state index contributed by atoms with van der Waals surface area (Å²) in [4.78, 5) is 10.6. The van der Waals surface area contributed by atoms with Gasteiger partial charge in [0.2, 0.25) is 0 Å². The van der Waals surface area contributed by atoms with E-state index in [2.05, 4.69) is 5.32 Å². The van der Waals surface area contributed by atoms with E-state index in [4.69, 9.17) is 0 Å². The molecule has 0 unspecified atom stereocenters. The Morgan fingerprint density at radius 3 is 2.47 bits per heavy atom.